The predicted octanol–water partition coefficient (Wildman–Crippen LogP) is 3.56. The second kappa shape index (κ2) is 5.45. The molecule has 0 N–H and O–H groups in total. The minimum atomic E-state index is -0.719. The highest BCUT2D eigenvalue weighted by molar-refractivity contribution is 7.85. The van der Waals surface area contributed by atoms with Crippen LogP contribution in [0.1, 0.15) is 37.0 Å². The van der Waals surface area contributed by atoms with Gasteiger partial charge in [-0.3, -0.25) is 4.21 Å². The number of halogens is 2. The fraction of sp³-hybridized carbons (Fsp3) is 0.500. The second-order valence-corrected chi connectivity index (χ2v) is 7.52. The third-order valence-electron chi connectivity index (χ3n) is 3.76. The van der Waals surface area contributed by atoms with E-state index in [2.05, 4.69) is 4.98 Å². The molecule has 1 aromatic carbocycles. The summed E-state index contributed by atoms with van der Waals surface area (Å²) in [4.78, 5) is 4.54. The van der Waals surface area contributed by atoms with Crippen LogP contribution in [0.2, 0.25) is 0 Å². The molecule has 3 nitrogen and oxygen atoms in total. The Bertz CT molecular complexity index is 660. The van der Waals surface area contributed by atoms with Gasteiger partial charge >= 0.3 is 0 Å². The lowest BCUT2D eigenvalue weighted by Crippen LogP contribution is -2.23. The van der Waals surface area contributed by atoms with E-state index in [9.17, 15) is 8.60 Å². The number of benzene rings is 1. The van der Waals surface area contributed by atoms with Crippen molar-refractivity contribution in [3.63, 3.8) is 0 Å². The van der Waals surface area contributed by atoms with Gasteiger partial charge in [0.1, 0.15) is 11.6 Å². The van der Waals surface area contributed by atoms with Crippen LogP contribution in [-0.4, -0.2) is 25.3 Å². The van der Waals surface area contributed by atoms with E-state index in [1.54, 1.807) is 6.07 Å². The van der Waals surface area contributed by atoms with Crippen molar-refractivity contribution in [2.24, 2.45) is 0 Å². The zero-order valence-corrected chi connectivity index (χ0v) is 12.8. The molecule has 0 bridgehead atoms. The molecule has 3 rings (SSSR count). The summed E-state index contributed by atoms with van der Waals surface area (Å²) in [7, 11) is -0.719. The lowest BCUT2D eigenvalue weighted by molar-refractivity contribution is 0.457. The van der Waals surface area contributed by atoms with Crippen molar-refractivity contribution in [3.05, 3.63) is 29.8 Å². The van der Waals surface area contributed by atoms with E-state index in [-0.39, 0.29) is 17.2 Å². The van der Waals surface area contributed by atoms with E-state index < -0.39 is 10.8 Å². The number of rotatable bonds is 2. The molecule has 2 heterocycles. The molecule has 20 heavy (non-hydrogen) atoms. The minimum absolute atomic E-state index is 0.204. The van der Waals surface area contributed by atoms with Gasteiger partial charge in [-0.25, -0.2) is 9.37 Å². The van der Waals surface area contributed by atoms with Crippen molar-refractivity contribution < 1.29 is 8.60 Å². The molecular weight excluding hydrogens is 299 g/mol. The first-order chi connectivity index (χ1) is 9.56. The maximum absolute atomic E-state index is 13.5. The first kappa shape index (κ1) is 14.0. The molecule has 1 fully saturated rings. The van der Waals surface area contributed by atoms with Crippen molar-refractivity contribution >= 4 is 33.4 Å². The highest BCUT2D eigenvalue weighted by atomic mass is 35.5. The van der Waals surface area contributed by atoms with Gasteiger partial charge in [-0.05, 0) is 38.0 Å². The van der Waals surface area contributed by atoms with Crippen LogP contribution in [0.4, 0.5) is 4.39 Å². The van der Waals surface area contributed by atoms with Crippen LogP contribution in [0.3, 0.4) is 0 Å². The van der Waals surface area contributed by atoms with Gasteiger partial charge in [0.05, 0.1) is 16.4 Å². The average Bonchev–Trinajstić information content (AvgIpc) is 2.78. The lowest BCUT2D eigenvalue weighted by Gasteiger charge is -2.25. The highest BCUT2D eigenvalue weighted by Crippen LogP contribution is 2.33. The Balaban J connectivity index is 2.13. The molecule has 0 aliphatic carbocycles. The molecule has 1 aliphatic heterocycles. The van der Waals surface area contributed by atoms with Crippen molar-refractivity contribution in [1.29, 1.82) is 0 Å². The Morgan fingerprint density at radius 3 is 2.80 bits per heavy atom. The van der Waals surface area contributed by atoms with Crippen molar-refractivity contribution in [1.82, 2.24) is 9.55 Å². The quantitative estimate of drug-likeness (QED) is 0.794. The summed E-state index contributed by atoms with van der Waals surface area (Å²) >= 11 is 6.23. The number of nitrogens with zero attached hydrogens (tertiary/aromatic N) is 2. The first-order valence-electron chi connectivity index (χ1n) is 6.72. The minimum Gasteiger partial charge on any atom is -0.323 e. The van der Waals surface area contributed by atoms with Gasteiger partial charge in [0.15, 0.2) is 0 Å². The van der Waals surface area contributed by atoms with E-state index in [1.807, 2.05) is 11.5 Å². The van der Waals surface area contributed by atoms with Gasteiger partial charge in [0.25, 0.3) is 0 Å². The van der Waals surface area contributed by atoms with Crippen LogP contribution in [0, 0.1) is 5.82 Å². The fourth-order valence-corrected chi connectivity index (χ4v) is 4.22. The van der Waals surface area contributed by atoms with Crippen LogP contribution in [0.5, 0.6) is 0 Å². The molecule has 0 saturated carbocycles. The Labute approximate surface area is 124 Å². The third-order valence-corrected chi connectivity index (χ3v) is 5.33. The fourth-order valence-electron chi connectivity index (χ4n) is 2.79. The third kappa shape index (κ3) is 2.49. The molecule has 2 aromatic rings. The van der Waals surface area contributed by atoms with Gasteiger partial charge in [-0.15, -0.1) is 11.6 Å². The standard InChI is InChI=1S/C14H16ClFN2OS/c1-9(15)14-17-12-3-2-10(16)8-13(12)18(14)11-4-6-20(19)7-5-11/h2-3,8-9,11H,4-7H2,1H3. The van der Waals surface area contributed by atoms with Gasteiger partial charge in [0.2, 0.25) is 0 Å². The van der Waals surface area contributed by atoms with E-state index in [0.29, 0.717) is 11.5 Å². The van der Waals surface area contributed by atoms with E-state index >= 15 is 0 Å². The Morgan fingerprint density at radius 1 is 1.45 bits per heavy atom. The maximum atomic E-state index is 13.5. The summed E-state index contributed by atoms with van der Waals surface area (Å²) in [5, 5.41) is -0.238. The molecular formula is C14H16ClFN2OS. The van der Waals surface area contributed by atoms with Crippen LogP contribution >= 0.6 is 11.6 Å². The number of alkyl halides is 1. The van der Waals surface area contributed by atoms with Crippen molar-refractivity contribution in [2.75, 3.05) is 11.5 Å². The number of fused-ring (bicyclic) bond motifs is 1. The molecule has 1 aliphatic rings. The number of imidazole rings is 1. The number of hydrogen-bond donors (Lipinski definition) is 0. The van der Waals surface area contributed by atoms with Crippen molar-refractivity contribution in [2.45, 2.75) is 31.2 Å². The zero-order valence-electron chi connectivity index (χ0n) is 11.2. The normalized spacial score (nSPS) is 24.9. The second-order valence-electron chi connectivity index (χ2n) is 5.17. The van der Waals surface area contributed by atoms with Crippen molar-refractivity contribution in [3.8, 4) is 0 Å². The van der Waals surface area contributed by atoms with Crippen LogP contribution in [-0.2, 0) is 10.8 Å². The number of hydrogen-bond acceptors (Lipinski definition) is 2. The Morgan fingerprint density at radius 2 is 2.15 bits per heavy atom. The summed E-state index contributed by atoms with van der Waals surface area (Å²) in [6.45, 7) is 1.87. The molecule has 108 valence electrons. The highest BCUT2D eigenvalue weighted by Gasteiger charge is 2.25. The lowest BCUT2D eigenvalue weighted by atomic mass is 10.1. The molecule has 1 saturated heterocycles. The number of aromatic nitrogens is 2. The molecule has 0 spiro atoms. The molecule has 1 unspecified atom stereocenters. The Kier molecular flexibility index (Phi) is 3.82. The monoisotopic (exact) mass is 314 g/mol. The SMILES string of the molecule is CC(Cl)c1nc2ccc(F)cc2n1C1CCS(=O)CC1. The first-order valence-corrected chi connectivity index (χ1v) is 8.65. The smallest absolute Gasteiger partial charge is 0.127 e. The summed E-state index contributed by atoms with van der Waals surface area (Å²) in [6.07, 6.45) is 1.65. The van der Waals surface area contributed by atoms with E-state index in [1.165, 1.54) is 12.1 Å². The summed E-state index contributed by atoms with van der Waals surface area (Å²) in [5.41, 5.74) is 1.55. The van der Waals surface area contributed by atoms with Crippen LogP contribution in [0.15, 0.2) is 18.2 Å². The van der Waals surface area contributed by atoms with Gasteiger partial charge in [-0.2, -0.15) is 0 Å². The molecule has 1 aromatic heterocycles. The average molecular weight is 315 g/mol. The summed E-state index contributed by atoms with van der Waals surface area (Å²) < 4.78 is 27.1. The Hall–Kier alpha value is -0.940. The summed E-state index contributed by atoms with van der Waals surface area (Å²) in [6, 6.07) is 4.82. The molecule has 0 amide bonds. The largest absolute Gasteiger partial charge is 0.323 e. The van der Waals surface area contributed by atoms with Crippen LogP contribution in [0.25, 0.3) is 11.0 Å². The predicted molar refractivity (Wildman–Crippen MR) is 80.1 cm³/mol. The van der Waals surface area contributed by atoms with Gasteiger partial charge < -0.3 is 4.57 Å². The zero-order chi connectivity index (χ0) is 14.3. The van der Waals surface area contributed by atoms with E-state index in [0.717, 1.165) is 29.7 Å². The van der Waals surface area contributed by atoms with E-state index in [4.69, 9.17) is 11.6 Å². The topological polar surface area (TPSA) is 34.9 Å². The summed E-state index contributed by atoms with van der Waals surface area (Å²) in [5.74, 6) is 1.88. The maximum Gasteiger partial charge on any atom is 0.127 e. The molecule has 0 radical (unpaired) electrons. The van der Waals surface area contributed by atoms with Gasteiger partial charge in [0, 0.05) is 28.3 Å². The molecule has 1 atom stereocenters. The van der Waals surface area contributed by atoms with Crippen LogP contribution < -0.4 is 0 Å². The molecule has 6 heteroatoms. The van der Waals surface area contributed by atoms with Gasteiger partial charge in [-0.1, -0.05) is 0 Å².